The number of halogens is 2. The molecule has 0 atom stereocenters. The van der Waals surface area contributed by atoms with Crippen LogP contribution < -0.4 is 10.1 Å². The second kappa shape index (κ2) is 7.94. The number of aromatic nitrogens is 4. The van der Waals surface area contributed by atoms with Crippen molar-refractivity contribution in [2.45, 2.75) is 20.5 Å². The van der Waals surface area contributed by atoms with Crippen LogP contribution in [0.3, 0.4) is 0 Å². The highest BCUT2D eigenvalue weighted by molar-refractivity contribution is 5.94. The molecule has 1 aromatic carbocycles. The molecule has 9 nitrogen and oxygen atoms in total. The van der Waals surface area contributed by atoms with Crippen molar-refractivity contribution in [3.63, 3.8) is 0 Å². The van der Waals surface area contributed by atoms with E-state index in [1.54, 1.807) is 19.9 Å². The van der Waals surface area contributed by atoms with Gasteiger partial charge in [-0.05, 0) is 44.2 Å². The number of fused-ring (bicyclic) bond motifs is 1. The van der Waals surface area contributed by atoms with Crippen LogP contribution in [0.1, 0.15) is 22.0 Å². The number of anilines is 1. The molecule has 3 rings (SSSR count). The minimum atomic E-state index is -2.93. The summed E-state index contributed by atoms with van der Waals surface area (Å²) in [6, 6.07) is 7.06. The van der Waals surface area contributed by atoms with E-state index in [0.717, 1.165) is 11.4 Å². The summed E-state index contributed by atoms with van der Waals surface area (Å²) in [6.45, 7) is 0.0675. The van der Waals surface area contributed by atoms with Gasteiger partial charge in [-0.1, -0.05) is 0 Å². The lowest BCUT2D eigenvalue weighted by molar-refractivity contribution is -0.119. The standard InChI is InChI=1S/C17H15F2N5O4/c1-9-7-10(2)24-17(20-9)22-14(23-24)15(26)27-8-13(25)21-11-3-5-12(6-4-11)28-16(18)19/h3-7,16H,8H2,1-2H3,(H,21,25). The normalized spacial score (nSPS) is 10.9. The van der Waals surface area contributed by atoms with Crippen LogP contribution >= 0.6 is 0 Å². The van der Waals surface area contributed by atoms with Gasteiger partial charge in [-0.15, -0.1) is 5.10 Å². The summed E-state index contributed by atoms with van der Waals surface area (Å²) < 4.78 is 34.7. The molecular weight excluding hydrogens is 376 g/mol. The van der Waals surface area contributed by atoms with Crippen LogP contribution in [0.25, 0.3) is 5.78 Å². The van der Waals surface area contributed by atoms with Gasteiger partial charge in [0, 0.05) is 17.1 Å². The van der Waals surface area contributed by atoms with Crippen molar-refractivity contribution in [3.05, 3.63) is 47.5 Å². The maximum atomic E-state index is 12.1. The maximum Gasteiger partial charge on any atom is 0.387 e. The molecule has 2 heterocycles. The Morgan fingerprint density at radius 2 is 1.89 bits per heavy atom. The van der Waals surface area contributed by atoms with Crippen LogP contribution in [0.4, 0.5) is 14.5 Å². The first-order chi connectivity index (χ1) is 13.3. The number of nitrogens with one attached hydrogen (secondary N) is 1. The van der Waals surface area contributed by atoms with Crippen LogP contribution in [-0.2, 0) is 9.53 Å². The molecule has 0 aliphatic carbocycles. The van der Waals surface area contributed by atoms with Crippen molar-refractivity contribution < 1.29 is 27.8 Å². The molecule has 2 aromatic heterocycles. The summed E-state index contributed by atoms with van der Waals surface area (Å²) in [5, 5.41) is 6.47. The number of nitrogens with zero attached hydrogens (tertiary/aromatic N) is 4. The Labute approximate surface area is 157 Å². The van der Waals surface area contributed by atoms with E-state index < -0.39 is 25.1 Å². The molecule has 3 aromatic rings. The number of benzene rings is 1. The smallest absolute Gasteiger partial charge is 0.387 e. The lowest BCUT2D eigenvalue weighted by atomic mass is 10.3. The summed E-state index contributed by atoms with van der Waals surface area (Å²) in [4.78, 5) is 32.1. The molecule has 1 amide bonds. The number of carbonyl (C=O) groups is 2. The fourth-order valence-corrected chi connectivity index (χ4v) is 2.37. The number of hydrogen-bond donors (Lipinski definition) is 1. The van der Waals surface area contributed by atoms with Crippen LogP contribution in [0, 0.1) is 13.8 Å². The number of rotatable bonds is 6. The predicted molar refractivity (Wildman–Crippen MR) is 92.2 cm³/mol. The number of aryl methyl sites for hydroxylation is 2. The molecular formula is C17H15F2N5O4. The molecule has 1 N–H and O–H groups in total. The molecule has 0 saturated carbocycles. The molecule has 0 fully saturated rings. The largest absolute Gasteiger partial charge is 0.450 e. The molecule has 0 spiro atoms. The van der Waals surface area contributed by atoms with E-state index >= 15 is 0 Å². The van der Waals surface area contributed by atoms with E-state index in [-0.39, 0.29) is 17.4 Å². The fourth-order valence-electron chi connectivity index (χ4n) is 2.37. The average Bonchev–Trinajstić information content (AvgIpc) is 3.05. The van der Waals surface area contributed by atoms with E-state index in [9.17, 15) is 18.4 Å². The minimum Gasteiger partial charge on any atom is -0.450 e. The van der Waals surface area contributed by atoms with Crippen LogP contribution in [0.15, 0.2) is 30.3 Å². The van der Waals surface area contributed by atoms with Gasteiger partial charge in [-0.3, -0.25) is 4.79 Å². The van der Waals surface area contributed by atoms with Crippen LogP contribution in [0.2, 0.25) is 0 Å². The summed E-state index contributed by atoms with van der Waals surface area (Å²) in [5.74, 6) is -1.51. The highest BCUT2D eigenvalue weighted by Gasteiger charge is 2.18. The van der Waals surface area contributed by atoms with Gasteiger partial charge in [-0.25, -0.2) is 14.3 Å². The fraction of sp³-hybridized carbons (Fsp3) is 0.235. The zero-order valence-electron chi connectivity index (χ0n) is 14.8. The van der Waals surface area contributed by atoms with Gasteiger partial charge in [0.05, 0.1) is 0 Å². The second-order valence-corrected chi connectivity index (χ2v) is 5.71. The number of hydrogen-bond acceptors (Lipinski definition) is 7. The van der Waals surface area contributed by atoms with Crippen molar-refractivity contribution in [1.29, 1.82) is 0 Å². The van der Waals surface area contributed by atoms with Gasteiger partial charge >= 0.3 is 12.6 Å². The highest BCUT2D eigenvalue weighted by Crippen LogP contribution is 2.17. The third kappa shape index (κ3) is 4.55. The lowest BCUT2D eigenvalue weighted by Gasteiger charge is -2.07. The summed E-state index contributed by atoms with van der Waals surface area (Å²) >= 11 is 0. The summed E-state index contributed by atoms with van der Waals surface area (Å²) in [5.41, 5.74) is 1.79. The third-order valence-electron chi connectivity index (χ3n) is 3.50. The van der Waals surface area contributed by atoms with Crippen molar-refractivity contribution >= 4 is 23.3 Å². The Hall–Kier alpha value is -3.63. The number of esters is 1. The molecule has 0 bridgehead atoms. The zero-order valence-corrected chi connectivity index (χ0v) is 14.8. The molecule has 11 heteroatoms. The number of carbonyl (C=O) groups excluding carboxylic acids is 2. The highest BCUT2D eigenvalue weighted by atomic mass is 19.3. The van der Waals surface area contributed by atoms with E-state index in [4.69, 9.17) is 4.74 Å². The Morgan fingerprint density at radius 3 is 2.57 bits per heavy atom. The Morgan fingerprint density at radius 1 is 1.18 bits per heavy atom. The van der Waals surface area contributed by atoms with Gasteiger partial charge in [0.15, 0.2) is 6.61 Å². The quantitative estimate of drug-likeness (QED) is 0.642. The summed E-state index contributed by atoms with van der Waals surface area (Å²) in [7, 11) is 0. The van der Waals surface area contributed by atoms with Gasteiger partial charge in [0.1, 0.15) is 5.75 Å². The van der Waals surface area contributed by atoms with E-state index in [0.29, 0.717) is 5.69 Å². The minimum absolute atomic E-state index is 0.0449. The van der Waals surface area contributed by atoms with Crippen molar-refractivity contribution in [1.82, 2.24) is 19.6 Å². The van der Waals surface area contributed by atoms with E-state index in [1.807, 2.05) is 0 Å². The second-order valence-electron chi connectivity index (χ2n) is 5.71. The lowest BCUT2D eigenvalue weighted by Crippen LogP contribution is -2.21. The van der Waals surface area contributed by atoms with Crippen molar-refractivity contribution in [2.75, 3.05) is 11.9 Å². The Bertz CT molecular complexity index is 1020. The Kier molecular flexibility index (Phi) is 5.43. The van der Waals surface area contributed by atoms with Gasteiger partial charge in [0.2, 0.25) is 0 Å². The SMILES string of the molecule is Cc1cc(C)n2nc(C(=O)OCC(=O)Nc3ccc(OC(F)F)cc3)nc2n1. The molecule has 0 saturated heterocycles. The molecule has 0 aliphatic heterocycles. The molecule has 28 heavy (non-hydrogen) atoms. The monoisotopic (exact) mass is 391 g/mol. The zero-order chi connectivity index (χ0) is 20.3. The maximum absolute atomic E-state index is 12.1. The first-order valence-electron chi connectivity index (χ1n) is 8.04. The number of amides is 1. The van der Waals surface area contributed by atoms with Gasteiger partial charge in [0.25, 0.3) is 17.5 Å². The van der Waals surface area contributed by atoms with E-state index in [1.165, 1.54) is 28.8 Å². The molecule has 0 unspecified atom stereocenters. The Balaban J connectivity index is 1.57. The topological polar surface area (TPSA) is 108 Å². The van der Waals surface area contributed by atoms with Gasteiger partial charge < -0.3 is 14.8 Å². The number of alkyl halides is 2. The van der Waals surface area contributed by atoms with E-state index in [2.05, 4.69) is 25.1 Å². The average molecular weight is 391 g/mol. The molecule has 0 aliphatic rings. The molecule has 0 radical (unpaired) electrons. The summed E-state index contributed by atoms with van der Waals surface area (Å²) in [6.07, 6.45) is 0. The predicted octanol–water partition coefficient (Wildman–Crippen LogP) is 2.14. The molecule has 146 valence electrons. The van der Waals surface area contributed by atoms with Gasteiger partial charge in [-0.2, -0.15) is 13.8 Å². The first-order valence-corrected chi connectivity index (χ1v) is 8.04. The van der Waals surface area contributed by atoms with Crippen molar-refractivity contribution in [3.8, 4) is 5.75 Å². The van der Waals surface area contributed by atoms with Crippen molar-refractivity contribution in [2.24, 2.45) is 0 Å². The third-order valence-corrected chi connectivity index (χ3v) is 3.50. The van der Waals surface area contributed by atoms with Crippen LogP contribution in [0.5, 0.6) is 5.75 Å². The first kappa shape index (κ1) is 19.1. The van der Waals surface area contributed by atoms with Crippen LogP contribution in [-0.4, -0.2) is 44.7 Å². The number of ether oxygens (including phenoxy) is 2.